The first kappa shape index (κ1) is 40.0. The van der Waals surface area contributed by atoms with Crippen LogP contribution in [0.5, 0.6) is 11.6 Å². The molecule has 57 heavy (non-hydrogen) atoms. The Morgan fingerprint density at radius 1 is 1.05 bits per heavy atom. The van der Waals surface area contributed by atoms with Gasteiger partial charge in [0.2, 0.25) is 27.7 Å². The number of pyridine rings is 1. The van der Waals surface area contributed by atoms with Crippen LogP contribution < -0.4 is 29.7 Å². The summed E-state index contributed by atoms with van der Waals surface area (Å²) in [6, 6.07) is 12.3. The Labute approximate surface area is 333 Å². The maximum Gasteiger partial charge on any atom is 0.259 e. The number of ether oxygens (including phenoxy) is 2. The van der Waals surface area contributed by atoms with Gasteiger partial charge in [0.1, 0.15) is 29.5 Å². The van der Waals surface area contributed by atoms with Crippen molar-refractivity contribution in [2.75, 3.05) is 32.6 Å². The van der Waals surface area contributed by atoms with Crippen LogP contribution in [-0.4, -0.2) is 98.2 Å². The monoisotopic (exact) mass is 800 g/mol. The number of carbonyl (C=O) groups excluding carboxylic acids is 4. The normalized spacial score (nSPS) is 28.8. The fourth-order valence-corrected chi connectivity index (χ4v) is 9.20. The Morgan fingerprint density at radius 2 is 1.79 bits per heavy atom. The minimum atomic E-state index is -4.00. The Bertz CT molecular complexity index is 2210. The number of sulfonamides is 1. The summed E-state index contributed by atoms with van der Waals surface area (Å²) in [7, 11) is 1.39. The van der Waals surface area contributed by atoms with Crippen LogP contribution in [0.2, 0.25) is 0 Å². The second kappa shape index (κ2) is 15.3. The molecule has 0 spiro atoms. The molecule has 2 saturated carbocycles. The minimum Gasteiger partial charge on any atom is -0.497 e. The van der Waals surface area contributed by atoms with E-state index in [2.05, 4.69) is 20.3 Å². The van der Waals surface area contributed by atoms with Crippen molar-refractivity contribution in [3.05, 3.63) is 72.4 Å². The van der Waals surface area contributed by atoms with Gasteiger partial charge in [-0.2, -0.15) is 0 Å². The van der Waals surface area contributed by atoms with Crippen LogP contribution in [0.15, 0.2) is 66.9 Å². The van der Waals surface area contributed by atoms with E-state index in [-0.39, 0.29) is 31.2 Å². The van der Waals surface area contributed by atoms with E-state index in [1.54, 1.807) is 38.4 Å². The third-order valence-corrected chi connectivity index (χ3v) is 14.6. The molecule has 2 aliphatic carbocycles. The van der Waals surface area contributed by atoms with Crippen molar-refractivity contribution in [2.24, 2.45) is 17.8 Å². The van der Waals surface area contributed by atoms with Crippen LogP contribution in [0.25, 0.3) is 10.8 Å². The van der Waals surface area contributed by atoms with Crippen molar-refractivity contribution in [1.82, 2.24) is 25.2 Å². The number of hydrogen-bond acceptors (Lipinski definition) is 10. The van der Waals surface area contributed by atoms with Gasteiger partial charge in [-0.15, -0.1) is 0 Å². The van der Waals surface area contributed by atoms with Crippen LogP contribution >= 0.6 is 0 Å². The van der Waals surface area contributed by atoms with E-state index in [4.69, 9.17) is 9.47 Å². The minimum absolute atomic E-state index is 0.00852. The fraction of sp³-hybridized carbons (Fsp3) is 0.500. The van der Waals surface area contributed by atoms with Gasteiger partial charge in [-0.1, -0.05) is 26.0 Å². The Kier molecular flexibility index (Phi) is 10.7. The van der Waals surface area contributed by atoms with Gasteiger partial charge in [0.25, 0.3) is 11.8 Å². The largest absolute Gasteiger partial charge is 0.497 e. The summed E-state index contributed by atoms with van der Waals surface area (Å²) in [5.41, 5.74) is -0.226. The third kappa shape index (κ3) is 7.90. The average molecular weight is 801 g/mol. The van der Waals surface area contributed by atoms with Crippen LogP contribution in [0.1, 0.15) is 69.7 Å². The summed E-state index contributed by atoms with van der Waals surface area (Å²) in [6.45, 7) is 5.55. The molecule has 14 nitrogen and oxygen atoms in total. The number of fused-ring (bicyclic) bond motifs is 3. The highest BCUT2D eigenvalue weighted by Gasteiger charge is 2.63. The van der Waals surface area contributed by atoms with Crippen LogP contribution in [0.4, 0.5) is 5.69 Å². The zero-order chi connectivity index (χ0) is 40.9. The Hall–Kier alpha value is -5.18. The maximum absolute atomic E-state index is 15.0. The molecular weight excluding hydrogens is 749 g/mol. The lowest BCUT2D eigenvalue weighted by atomic mass is 9.84. The van der Waals surface area contributed by atoms with E-state index < -0.39 is 68.0 Å². The van der Waals surface area contributed by atoms with Gasteiger partial charge in [-0.25, -0.2) is 13.4 Å². The predicted molar refractivity (Wildman–Crippen MR) is 215 cm³/mol. The standard InChI is InChI=1S/C42H52N6O8S/c1-25-9-7-8-10-29-23-42(29,40(52)46-57(53,54)41(3)18-19-41)45-37(50)34-22-32(56-38-33-16-15-31(55-6)21-28(33)17-20-43-38)24-48(34)39(51)35(26(25)2)44-36(49)27-11-13-30(14-12-27)47(4)5/h8,10-17,20-21,25-26,29,32,34-35H,7,9,18-19,22-24H2,1-6H3,(H,44,49)(H,45,50)(H,46,52)/b10-8-/t25-,26-,29-,32-,34+,35+,42-/m1/s1. The van der Waals surface area contributed by atoms with E-state index in [9.17, 15) is 27.6 Å². The highest BCUT2D eigenvalue weighted by atomic mass is 32.2. The van der Waals surface area contributed by atoms with Crippen molar-refractivity contribution in [3.63, 3.8) is 0 Å². The van der Waals surface area contributed by atoms with E-state index in [1.807, 2.05) is 75.3 Å². The molecule has 4 aliphatic rings. The van der Waals surface area contributed by atoms with Crippen LogP contribution in [0, 0.1) is 17.8 Å². The van der Waals surface area contributed by atoms with Crippen LogP contribution in [-0.2, 0) is 24.4 Å². The molecule has 3 aromatic rings. The van der Waals surface area contributed by atoms with E-state index in [0.29, 0.717) is 48.3 Å². The molecular formula is C42H52N6O8S. The zero-order valence-electron chi connectivity index (χ0n) is 33.3. The topological polar surface area (TPSA) is 176 Å². The molecule has 2 aliphatic heterocycles. The van der Waals surface area contributed by atoms with E-state index >= 15 is 0 Å². The van der Waals surface area contributed by atoms with Gasteiger partial charge < -0.3 is 29.9 Å². The molecule has 3 fully saturated rings. The van der Waals surface area contributed by atoms with Crippen molar-refractivity contribution in [1.29, 1.82) is 0 Å². The summed E-state index contributed by atoms with van der Waals surface area (Å²) in [5.74, 6) is -2.15. The van der Waals surface area contributed by atoms with Crippen molar-refractivity contribution in [3.8, 4) is 11.6 Å². The van der Waals surface area contributed by atoms with Gasteiger partial charge in [0, 0.05) is 49.3 Å². The first-order valence-corrected chi connectivity index (χ1v) is 21.1. The average Bonchev–Trinajstić information content (AvgIpc) is 4.07. The zero-order valence-corrected chi connectivity index (χ0v) is 34.1. The number of amides is 4. The first-order valence-electron chi connectivity index (χ1n) is 19.6. The second-order valence-electron chi connectivity index (χ2n) is 16.6. The Morgan fingerprint density at radius 3 is 2.47 bits per heavy atom. The van der Waals surface area contributed by atoms with E-state index in [0.717, 1.165) is 11.1 Å². The van der Waals surface area contributed by atoms with Crippen LogP contribution in [0.3, 0.4) is 0 Å². The lowest BCUT2D eigenvalue weighted by Crippen LogP contribution is -2.59. The van der Waals surface area contributed by atoms with Crippen molar-refractivity contribution < 1.29 is 37.1 Å². The molecule has 0 unspecified atom stereocenters. The SMILES string of the molecule is COc1ccc2c(O[C@@H]3C[C@H]4C(=O)N[C@]5(C(=O)NS(=O)(=O)C6(C)CC6)C[C@H]5/C=C\CC[C@@H](C)[C@@H](C)[C@H](NC(=O)c5ccc(N(C)C)cc5)C(=O)N4C3)nccc2c1. The summed E-state index contributed by atoms with van der Waals surface area (Å²) < 4.78 is 39.5. The molecule has 15 heteroatoms. The van der Waals surface area contributed by atoms with Gasteiger partial charge in [0.15, 0.2) is 0 Å². The molecule has 2 aromatic carbocycles. The van der Waals surface area contributed by atoms with Crippen molar-refractivity contribution in [2.45, 2.75) is 87.8 Å². The molecule has 1 saturated heterocycles. The maximum atomic E-state index is 15.0. The number of rotatable bonds is 9. The molecule has 3 N–H and O–H groups in total. The molecule has 4 amide bonds. The number of carbonyl (C=O) groups is 4. The number of nitrogens with one attached hydrogen (secondary N) is 3. The third-order valence-electron chi connectivity index (χ3n) is 12.4. The molecule has 3 heterocycles. The number of anilines is 1. The number of methoxy groups -OCH3 is 1. The summed E-state index contributed by atoms with van der Waals surface area (Å²) in [6.07, 6.45) is 7.14. The summed E-state index contributed by atoms with van der Waals surface area (Å²) in [4.78, 5) is 65.1. The number of allylic oxidation sites excluding steroid dienone is 1. The molecule has 7 atom stereocenters. The lowest BCUT2D eigenvalue weighted by Gasteiger charge is -2.34. The highest BCUT2D eigenvalue weighted by molar-refractivity contribution is 7.91. The van der Waals surface area contributed by atoms with Gasteiger partial charge in [0.05, 0.1) is 18.4 Å². The molecule has 0 bridgehead atoms. The number of benzene rings is 2. The fourth-order valence-electron chi connectivity index (χ4n) is 7.89. The summed E-state index contributed by atoms with van der Waals surface area (Å²) >= 11 is 0. The van der Waals surface area contributed by atoms with Gasteiger partial charge >= 0.3 is 0 Å². The molecule has 7 rings (SSSR count). The van der Waals surface area contributed by atoms with E-state index in [1.165, 1.54) is 4.90 Å². The lowest BCUT2D eigenvalue weighted by molar-refractivity contribution is -0.142. The predicted octanol–water partition coefficient (Wildman–Crippen LogP) is 3.95. The molecule has 1 aromatic heterocycles. The first-order chi connectivity index (χ1) is 27.1. The summed E-state index contributed by atoms with van der Waals surface area (Å²) in [5, 5.41) is 7.47. The van der Waals surface area contributed by atoms with Gasteiger partial charge in [-0.3, -0.25) is 23.9 Å². The second-order valence-corrected chi connectivity index (χ2v) is 18.8. The highest BCUT2D eigenvalue weighted by Crippen LogP contribution is 2.47. The smallest absolute Gasteiger partial charge is 0.259 e. The quantitative estimate of drug-likeness (QED) is 0.269. The molecule has 0 radical (unpaired) electrons. The number of nitrogens with zero attached hydrogens (tertiary/aromatic N) is 3. The number of aromatic nitrogens is 1. The molecule has 304 valence electrons. The Balaban J connectivity index is 1.22. The van der Waals surface area contributed by atoms with Crippen molar-refractivity contribution >= 4 is 50.1 Å². The van der Waals surface area contributed by atoms with Gasteiger partial charge in [-0.05, 0) is 105 Å². The number of hydrogen-bond donors (Lipinski definition) is 3.